The molecule has 3 aliphatic rings. The number of β-amino-alcohol motifs (C(OH)–C–C–N with tert-alkyl or cyclic N) is 1. The number of carbonyl (C=O) groups excluding carboxylic acids is 2. The molecule has 1 aromatic carbocycles. The van der Waals surface area contributed by atoms with Crippen LogP contribution in [0.25, 0.3) is 11.3 Å². The minimum Gasteiger partial charge on any atom is -0.390 e. The lowest BCUT2D eigenvalue weighted by molar-refractivity contribution is -0.139. The van der Waals surface area contributed by atoms with Gasteiger partial charge in [0, 0.05) is 93.0 Å². The monoisotopic (exact) mass is 636 g/mol. The van der Waals surface area contributed by atoms with Crippen molar-refractivity contribution >= 4 is 23.6 Å². The zero-order valence-electron chi connectivity index (χ0n) is 25.5. The number of aromatic nitrogens is 2. The van der Waals surface area contributed by atoms with Crippen LogP contribution in [0.2, 0.25) is 0 Å². The number of benzene rings is 1. The van der Waals surface area contributed by atoms with Crippen LogP contribution < -0.4 is 5.32 Å². The number of aliphatic hydroxyl groups excluding tert-OH is 1. The lowest BCUT2D eigenvalue weighted by Crippen LogP contribution is -2.46. The predicted octanol–water partition coefficient (Wildman–Crippen LogP) is 3.62. The van der Waals surface area contributed by atoms with Gasteiger partial charge in [-0.25, -0.2) is 0 Å². The molecule has 2 N–H and O–H groups in total. The largest absolute Gasteiger partial charge is 0.417 e. The lowest BCUT2D eigenvalue weighted by Gasteiger charge is -2.33. The Morgan fingerprint density at radius 3 is 2.45 bits per heavy atom. The van der Waals surface area contributed by atoms with Gasteiger partial charge in [-0.15, -0.1) is 11.8 Å². The van der Waals surface area contributed by atoms with E-state index in [4.69, 9.17) is 5.10 Å². The summed E-state index contributed by atoms with van der Waals surface area (Å²) in [6.45, 7) is 8.83. The zero-order chi connectivity index (χ0) is 31.4. The van der Waals surface area contributed by atoms with Crippen LogP contribution in [0.3, 0.4) is 0 Å². The van der Waals surface area contributed by atoms with E-state index in [9.17, 15) is 27.9 Å². The van der Waals surface area contributed by atoms with Crippen molar-refractivity contribution in [1.82, 2.24) is 29.8 Å². The molecule has 44 heavy (non-hydrogen) atoms. The third kappa shape index (κ3) is 8.15. The number of piperidine rings is 1. The number of likely N-dealkylation sites (tertiary alicyclic amines) is 2. The fraction of sp³-hybridized carbons (Fsp3) is 0.645. The number of fused-ring (bicyclic) bond motifs is 1. The smallest absolute Gasteiger partial charge is 0.390 e. The fourth-order valence-corrected chi connectivity index (χ4v) is 7.68. The molecule has 0 spiro atoms. The molecular formula is C31H43F3N6O3S. The van der Waals surface area contributed by atoms with Gasteiger partial charge >= 0.3 is 6.18 Å². The van der Waals surface area contributed by atoms with E-state index in [-0.39, 0.29) is 29.3 Å². The zero-order valence-corrected chi connectivity index (χ0v) is 26.4. The molecule has 0 radical (unpaired) electrons. The van der Waals surface area contributed by atoms with Crippen molar-refractivity contribution in [2.75, 3.05) is 51.6 Å². The summed E-state index contributed by atoms with van der Waals surface area (Å²) in [6, 6.07) is 4.36. The van der Waals surface area contributed by atoms with Gasteiger partial charge < -0.3 is 25.1 Å². The molecule has 2 aromatic rings. The minimum atomic E-state index is -4.47. The number of rotatable bonds is 10. The van der Waals surface area contributed by atoms with Gasteiger partial charge in [0.25, 0.3) is 0 Å². The van der Waals surface area contributed by atoms with Crippen LogP contribution in [0.15, 0.2) is 23.1 Å². The second-order valence-corrected chi connectivity index (χ2v) is 13.3. The summed E-state index contributed by atoms with van der Waals surface area (Å²) >= 11 is 1.22. The number of alkyl halides is 3. The molecule has 13 heteroatoms. The normalized spacial score (nSPS) is 19.3. The van der Waals surface area contributed by atoms with E-state index in [0.29, 0.717) is 43.1 Å². The van der Waals surface area contributed by atoms with Crippen LogP contribution in [0, 0.1) is 0 Å². The minimum absolute atomic E-state index is 0.0353. The maximum absolute atomic E-state index is 14.0. The maximum Gasteiger partial charge on any atom is 0.417 e. The highest BCUT2D eigenvalue weighted by Crippen LogP contribution is 2.40. The number of halogens is 3. The Balaban J connectivity index is 1.36. The Labute approximate surface area is 261 Å². The van der Waals surface area contributed by atoms with Crippen molar-refractivity contribution in [2.45, 2.75) is 82.3 Å². The summed E-state index contributed by atoms with van der Waals surface area (Å²) in [5, 5.41) is 18.9. The summed E-state index contributed by atoms with van der Waals surface area (Å²) < 4.78 is 43.8. The number of hydrogen-bond acceptors (Lipinski definition) is 7. The number of nitrogens with zero attached hydrogens (tertiary/aromatic N) is 5. The number of amides is 2. The Bertz CT molecular complexity index is 1320. The van der Waals surface area contributed by atoms with Gasteiger partial charge in [-0.1, -0.05) is 6.07 Å². The lowest BCUT2D eigenvalue weighted by atomic mass is 9.99. The molecule has 0 saturated carbocycles. The van der Waals surface area contributed by atoms with Crippen LogP contribution in [0.5, 0.6) is 0 Å². The van der Waals surface area contributed by atoms with Crippen LogP contribution in [-0.2, 0) is 35.3 Å². The first kappa shape index (κ1) is 32.8. The molecule has 5 rings (SSSR count). The number of thioether (sulfide) groups is 1. The first-order valence-electron chi connectivity index (χ1n) is 15.6. The van der Waals surface area contributed by atoms with E-state index in [1.807, 2.05) is 0 Å². The highest BCUT2D eigenvalue weighted by atomic mass is 32.2. The molecule has 0 aliphatic carbocycles. The SMILES string of the molecule is CC(=O)NC1CCN(CC(O)Cn2nc(-c3ccc(C(F)(F)F)c(SCCN4CCCC4)c3)c3c2CCN(C(C)=O)C3)CC1. The quantitative estimate of drug-likeness (QED) is 0.385. The second-order valence-electron chi connectivity index (χ2n) is 12.2. The van der Waals surface area contributed by atoms with Crippen molar-refractivity contribution in [2.24, 2.45) is 0 Å². The van der Waals surface area contributed by atoms with Crippen LogP contribution in [0.1, 0.15) is 56.4 Å². The number of aliphatic hydroxyl groups is 1. The van der Waals surface area contributed by atoms with Crippen molar-refractivity contribution in [3.05, 3.63) is 35.0 Å². The van der Waals surface area contributed by atoms with Gasteiger partial charge in [0.2, 0.25) is 11.8 Å². The summed E-state index contributed by atoms with van der Waals surface area (Å²) in [5.74, 6) is 0.459. The third-order valence-electron chi connectivity index (χ3n) is 8.85. The Morgan fingerprint density at radius 2 is 1.80 bits per heavy atom. The molecule has 2 saturated heterocycles. The predicted molar refractivity (Wildman–Crippen MR) is 163 cm³/mol. The summed E-state index contributed by atoms with van der Waals surface area (Å²) in [5.41, 5.74) is 2.22. The fourth-order valence-electron chi connectivity index (χ4n) is 6.56. The third-order valence-corrected chi connectivity index (χ3v) is 9.89. The standard InChI is InChI=1S/C31H43F3N6O3S/c1-21(41)35-24-7-12-38(13-8-24)18-25(43)19-40-28-9-14-39(22(2)42)20-26(28)30(36-40)23-5-6-27(31(32,33)34)29(17-23)44-16-15-37-10-3-4-11-37/h5-6,17,24-25,43H,3-4,7-16,18-20H2,1-2H3,(H,35,41). The molecule has 4 heterocycles. The van der Waals surface area contributed by atoms with E-state index in [1.54, 1.807) is 15.6 Å². The van der Waals surface area contributed by atoms with Gasteiger partial charge in [0.15, 0.2) is 0 Å². The molecule has 2 amide bonds. The van der Waals surface area contributed by atoms with Crippen molar-refractivity contribution in [3.8, 4) is 11.3 Å². The first-order valence-corrected chi connectivity index (χ1v) is 16.5. The Morgan fingerprint density at radius 1 is 1.07 bits per heavy atom. The molecule has 1 atom stereocenters. The van der Waals surface area contributed by atoms with Gasteiger partial charge in [-0.05, 0) is 50.9 Å². The highest BCUT2D eigenvalue weighted by molar-refractivity contribution is 7.99. The average molecular weight is 637 g/mol. The molecule has 2 fully saturated rings. The molecular weight excluding hydrogens is 593 g/mol. The van der Waals surface area contributed by atoms with Crippen LogP contribution in [0.4, 0.5) is 13.2 Å². The van der Waals surface area contributed by atoms with E-state index < -0.39 is 17.8 Å². The molecule has 0 bridgehead atoms. The summed E-state index contributed by atoms with van der Waals surface area (Å²) in [6.07, 6.45) is -0.731. The molecule has 9 nitrogen and oxygen atoms in total. The molecule has 3 aliphatic heterocycles. The van der Waals surface area contributed by atoms with Gasteiger partial charge in [0.05, 0.1) is 23.9 Å². The van der Waals surface area contributed by atoms with Gasteiger partial charge in [0.1, 0.15) is 0 Å². The van der Waals surface area contributed by atoms with Crippen molar-refractivity contribution < 1.29 is 27.9 Å². The van der Waals surface area contributed by atoms with E-state index in [0.717, 1.165) is 75.7 Å². The Kier molecular flexibility index (Phi) is 10.6. The van der Waals surface area contributed by atoms with Crippen molar-refractivity contribution in [1.29, 1.82) is 0 Å². The molecule has 1 aromatic heterocycles. The van der Waals surface area contributed by atoms with E-state index >= 15 is 0 Å². The maximum atomic E-state index is 14.0. The molecule has 242 valence electrons. The van der Waals surface area contributed by atoms with Crippen LogP contribution in [-0.4, -0.2) is 105 Å². The van der Waals surface area contributed by atoms with Crippen molar-refractivity contribution in [3.63, 3.8) is 0 Å². The highest BCUT2D eigenvalue weighted by Gasteiger charge is 2.35. The first-order chi connectivity index (χ1) is 21.0. The Hall–Kier alpha value is -2.61. The number of carbonyl (C=O) groups is 2. The van der Waals surface area contributed by atoms with E-state index in [1.165, 1.54) is 31.7 Å². The van der Waals surface area contributed by atoms with E-state index in [2.05, 4.69) is 15.1 Å². The number of nitrogens with one attached hydrogen (secondary N) is 1. The summed E-state index contributed by atoms with van der Waals surface area (Å²) in [4.78, 5) is 30.0. The summed E-state index contributed by atoms with van der Waals surface area (Å²) in [7, 11) is 0. The van der Waals surface area contributed by atoms with Crippen LogP contribution >= 0.6 is 11.8 Å². The van der Waals surface area contributed by atoms with Gasteiger partial charge in [-0.2, -0.15) is 18.3 Å². The average Bonchev–Trinajstić information content (AvgIpc) is 3.61. The molecule has 1 unspecified atom stereocenters. The topological polar surface area (TPSA) is 93.9 Å². The number of hydrogen-bond donors (Lipinski definition) is 2. The van der Waals surface area contributed by atoms with Gasteiger partial charge in [-0.3, -0.25) is 14.3 Å². The second kappa shape index (κ2) is 14.2.